The SMILES string of the molecule is CC(C)Oc1ccc(NCC(F)(F)F)cc1OC(C)C. The third kappa shape index (κ3) is 6.04. The fourth-order valence-corrected chi connectivity index (χ4v) is 1.52. The van der Waals surface area contributed by atoms with Gasteiger partial charge in [-0.25, -0.2) is 0 Å². The lowest BCUT2D eigenvalue weighted by molar-refractivity contribution is -0.115. The summed E-state index contributed by atoms with van der Waals surface area (Å²) in [7, 11) is 0. The molecular weight excluding hydrogens is 271 g/mol. The maximum atomic E-state index is 12.2. The molecule has 0 fully saturated rings. The molecule has 0 aliphatic heterocycles. The molecule has 0 radical (unpaired) electrons. The van der Waals surface area contributed by atoms with Crippen molar-refractivity contribution in [2.45, 2.75) is 46.1 Å². The van der Waals surface area contributed by atoms with Gasteiger partial charge in [-0.2, -0.15) is 13.2 Å². The molecule has 0 spiro atoms. The molecule has 1 rings (SSSR count). The summed E-state index contributed by atoms with van der Waals surface area (Å²) in [5, 5.41) is 2.32. The second-order valence-corrected chi connectivity index (χ2v) is 4.96. The molecular formula is C14H20F3NO2. The van der Waals surface area contributed by atoms with Crippen LogP contribution in [-0.4, -0.2) is 24.9 Å². The second-order valence-electron chi connectivity index (χ2n) is 4.96. The molecule has 1 aromatic rings. The highest BCUT2D eigenvalue weighted by molar-refractivity contribution is 5.55. The van der Waals surface area contributed by atoms with E-state index in [2.05, 4.69) is 5.32 Å². The average Bonchev–Trinajstić information content (AvgIpc) is 2.27. The lowest BCUT2D eigenvalue weighted by Gasteiger charge is -2.18. The molecule has 0 bridgehead atoms. The Kier molecular flexibility index (Phi) is 5.53. The summed E-state index contributed by atoms with van der Waals surface area (Å²) in [6.45, 7) is 6.34. The minimum absolute atomic E-state index is 0.0431. The lowest BCUT2D eigenvalue weighted by atomic mass is 10.2. The van der Waals surface area contributed by atoms with Gasteiger partial charge < -0.3 is 14.8 Å². The van der Waals surface area contributed by atoms with E-state index in [1.807, 2.05) is 27.7 Å². The number of hydrogen-bond donors (Lipinski definition) is 1. The third-order valence-corrected chi connectivity index (χ3v) is 2.16. The zero-order valence-electron chi connectivity index (χ0n) is 12.0. The van der Waals surface area contributed by atoms with Crippen LogP contribution in [0.25, 0.3) is 0 Å². The monoisotopic (exact) mass is 291 g/mol. The van der Waals surface area contributed by atoms with Crippen LogP contribution in [-0.2, 0) is 0 Å². The van der Waals surface area contributed by atoms with Crippen LogP contribution >= 0.6 is 0 Å². The molecule has 1 aromatic carbocycles. The quantitative estimate of drug-likeness (QED) is 0.850. The molecule has 1 N–H and O–H groups in total. The fraction of sp³-hybridized carbons (Fsp3) is 0.571. The zero-order valence-corrected chi connectivity index (χ0v) is 12.0. The fourth-order valence-electron chi connectivity index (χ4n) is 1.52. The molecule has 114 valence electrons. The first kappa shape index (κ1) is 16.5. The van der Waals surface area contributed by atoms with Crippen LogP contribution in [0.5, 0.6) is 11.5 Å². The smallest absolute Gasteiger partial charge is 0.405 e. The Morgan fingerprint density at radius 3 is 2.05 bits per heavy atom. The number of nitrogens with one attached hydrogen (secondary N) is 1. The van der Waals surface area contributed by atoms with E-state index in [9.17, 15) is 13.2 Å². The van der Waals surface area contributed by atoms with E-state index in [-0.39, 0.29) is 12.2 Å². The Hall–Kier alpha value is -1.59. The summed E-state index contributed by atoms with van der Waals surface area (Å²) >= 11 is 0. The summed E-state index contributed by atoms with van der Waals surface area (Å²) in [6.07, 6.45) is -4.40. The Balaban J connectivity index is 2.89. The largest absolute Gasteiger partial charge is 0.487 e. The summed E-state index contributed by atoms with van der Waals surface area (Å²) < 4.78 is 47.7. The minimum atomic E-state index is -4.26. The Morgan fingerprint density at radius 2 is 1.55 bits per heavy atom. The molecule has 3 nitrogen and oxygen atoms in total. The minimum Gasteiger partial charge on any atom is -0.487 e. The normalized spacial score (nSPS) is 11.8. The van der Waals surface area contributed by atoms with Gasteiger partial charge in [-0.15, -0.1) is 0 Å². The molecule has 6 heteroatoms. The Labute approximate surface area is 117 Å². The summed E-state index contributed by atoms with van der Waals surface area (Å²) in [4.78, 5) is 0. The molecule has 0 unspecified atom stereocenters. The van der Waals surface area contributed by atoms with Crippen LogP contribution in [0.1, 0.15) is 27.7 Å². The Bertz CT molecular complexity index is 431. The summed E-state index contributed by atoms with van der Waals surface area (Å²) in [6, 6.07) is 4.66. The molecule has 0 aromatic heterocycles. The van der Waals surface area contributed by atoms with Gasteiger partial charge in [0, 0.05) is 11.8 Å². The van der Waals surface area contributed by atoms with Crippen LogP contribution in [0.2, 0.25) is 0 Å². The third-order valence-electron chi connectivity index (χ3n) is 2.16. The molecule has 20 heavy (non-hydrogen) atoms. The molecule has 0 saturated heterocycles. The van der Waals surface area contributed by atoms with Crippen molar-refractivity contribution >= 4 is 5.69 Å². The van der Waals surface area contributed by atoms with E-state index in [1.54, 1.807) is 6.07 Å². The highest BCUT2D eigenvalue weighted by Crippen LogP contribution is 2.32. The van der Waals surface area contributed by atoms with Crippen LogP contribution < -0.4 is 14.8 Å². The Morgan fingerprint density at radius 1 is 1.00 bits per heavy atom. The van der Waals surface area contributed by atoms with Crippen LogP contribution in [0, 0.1) is 0 Å². The lowest BCUT2D eigenvalue weighted by Crippen LogP contribution is -2.21. The van der Waals surface area contributed by atoms with E-state index >= 15 is 0 Å². The van der Waals surface area contributed by atoms with Gasteiger partial charge in [-0.05, 0) is 39.8 Å². The van der Waals surface area contributed by atoms with Crippen molar-refractivity contribution in [1.82, 2.24) is 0 Å². The predicted molar refractivity (Wildman–Crippen MR) is 72.5 cm³/mol. The number of halogens is 3. The van der Waals surface area contributed by atoms with Gasteiger partial charge in [0.1, 0.15) is 6.54 Å². The first-order chi connectivity index (χ1) is 9.17. The van der Waals surface area contributed by atoms with Crippen LogP contribution in [0.15, 0.2) is 18.2 Å². The van der Waals surface area contributed by atoms with E-state index in [0.717, 1.165) is 0 Å². The highest BCUT2D eigenvalue weighted by atomic mass is 19.4. The van der Waals surface area contributed by atoms with Crippen LogP contribution in [0.4, 0.5) is 18.9 Å². The topological polar surface area (TPSA) is 30.5 Å². The number of anilines is 1. The standard InChI is InChI=1S/C14H20F3NO2/c1-9(2)19-12-6-5-11(18-8-14(15,16)17)7-13(12)20-10(3)4/h5-7,9-10,18H,8H2,1-4H3. The van der Waals surface area contributed by atoms with E-state index in [4.69, 9.17) is 9.47 Å². The molecule has 0 aliphatic carbocycles. The number of rotatable bonds is 6. The molecule has 0 atom stereocenters. The first-order valence-electron chi connectivity index (χ1n) is 6.45. The van der Waals surface area contributed by atoms with Crippen molar-refractivity contribution in [1.29, 1.82) is 0 Å². The van der Waals surface area contributed by atoms with E-state index < -0.39 is 12.7 Å². The maximum Gasteiger partial charge on any atom is 0.405 e. The number of alkyl halides is 3. The number of ether oxygens (including phenoxy) is 2. The first-order valence-corrected chi connectivity index (χ1v) is 6.45. The van der Waals surface area contributed by atoms with Gasteiger partial charge in [0.05, 0.1) is 12.2 Å². The average molecular weight is 291 g/mol. The van der Waals surface area contributed by atoms with Gasteiger partial charge in [-0.3, -0.25) is 0 Å². The van der Waals surface area contributed by atoms with Crippen molar-refractivity contribution in [3.8, 4) is 11.5 Å². The van der Waals surface area contributed by atoms with Gasteiger partial charge in [-0.1, -0.05) is 0 Å². The number of hydrogen-bond acceptors (Lipinski definition) is 3. The van der Waals surface area contributed by atoms with Crippen molar-refractivity contribution in [2.24, 2.45) is 0 Å². The zero-order chi connectivity index (χ0) is 15.3. The van der Waals surface area contributed by atoms with E-state index in [1.165, 1.54) is 12.1 Å². The molecule has 0 heterocycles. The van der Waals surface area contributed by atoms with Crippen molar-refractivity contribution in [3.63, 3.8) is 0 Å². The summed E-state index contributed by atoms with van der Waals surface area (Å²) in [5.74, 6) is 0.951. The van der Waals surface area contributed by atoms with Crippen molar-refractivity contribution in [3.05, 3.63) is 18.2 Å². The molecule has 0 aliphatic rings. The highest BCUT2D eigenvalue weighted by Gasteiger charge is 2.26. The van der Waals surface area contributed by atoms with E-state index in [0.29, 0.717) is 17.2 Å². The van der Waals surface area contributed by atoms with Gasteiger partial charge in [0.15, 0.2) is 11.5 Å². The van der Waals surface area contributed by atoms with Gasteiger partial charge >= 0.3 is 6.18 Å². The van der Waals surface area contributed by atoms with Crippen LogP contribution in [0.3, 0.4) is 0 Å². The van der Waals surface area contributed by atoms with Gasteiger partial charge in [0.25, 0.3) is 0 Å². The predicted octanol–water partition coefficient (Wildman–Crippen LogP) is 4.24. The maximum absolute atomic E-state index is 12.2. The molecule has 0 saturated carbocycles. The van der Waals surface area contributed by atoms with Crippen molar-refractivity contribution in [2.75, 3.05) is 11.9 Å². The second kappa shape index (κ2) is 6.72. The van der Waals surface area contributed by atoms with Crippen molar-refractivity contribution < 1.29 is 22.6 Å². The summed E-state index contributed by atoms with van der Waals surface area (Å²) in [5.41, 5.74) is 0.342. The number of benzene rings is 1. The van der Waals surface area contributed by atoms with Gasteiger partial charge in [0.2, 0.25) is 0 Å². The molecule has 0 amide bonds.